The summed E-state index contributed by atoms with van der Waals surface area (Å²) in [7, 11) is -2.96. The molecule has 2 aliphatic heterocycles. The highest BCUT2D eigenvalue weighted by atomic mass is 32.2. The summed E-state index contributed by atoms with van der Waals surface area (Å²) < 4.78 is 46.0. The standard InChI is InChI=1S/C22H41BN6O8S/c1-20(2,3)34-19(31)25-12-13-28(8)38(32,33)29-14-16(17(15-29)18(30)35-27-26-24)10-9-11-23-36-21(4,5)22(6,7)37-23/h16-17H,9-15H2,1-8H3,(H,25,31)/t16-,17+/m1/s1. The molecule has 2 saturated heterocycles. The zero-order chi connectivity index (χ0) is 28.9. The van der Waals surface area contributed by atoms with Crippen LogP contribution in [-0.4, -0.2) is 86.2 Å². The van der Waals surface area contributed by atoms with Gasteiger partial charge in [-0.05, 0) is 72.7 Å². The highest BCUT2D eigenvalue weighted by Crippen LogP contribution is 2.39. The van der Waals surface area contributed by atoms with E-state index in [0.29, 0.717) is 19.2 Å². The molecule has 14 nitrogen and oxygen atoms in total. The van der Waals surface area contributed by atoms with Gasteiger partial charge in [0.1, 0.15) is 10.9 Å². The second-order valence-corrected chi connectivity index (χ2v) is 13.7. The average molecular weight is 560 g/mol. The summed E-state index contributed by atoms with van der Waals surface area (Å²) in [6, 6.07) is 0. The topological polar surface area (TPSA) is 172 Å². The van der Waals surface area contributed by atoms with E-state index in [1.54, 1.807) is 20.8 Å². The highest BCUT2D eigenvalue weighted by Gasteiger charge is 2.51. The zero-order valence-electron chi connectivity index (χ0n) is 23.6. The Labute approximate surface area is 225 Å². The van der Waals surface area contributed by atoms with Crippen LogP contribution in [0.15, 0.2) is 5.28 Å². The number of hydrogen-bond acceptors (Lipinski definition) is 9. The van der Waals surface area contributed by atoms with Gasteiger partial charge in [0.15, 0.2) is 0 Å². The third-order valence-electron chi connectivity index (χ3n) is 7.01. The van der Waals surface area contributed by atoms with Crippen molar-refractivity contribution in [3.63, 3.8) is 0 Å². The van der Waals surface area contributed by atoms with Crippen molar-refractivity contribution in [3.8, 4) is 0 Å². The van der Waals surface area contributed by atoms with Crippen LogP contribution < -0.4 is 5.32 Å². The fraction of sp³-hybridized carbons (Fsp3) is 0.909. The molecule has 216 valence electrons. The van der Waals surface area contributed by atoms with Crippen LogP contribution in [-0.2, 0) is 33.9 Å². The lowest BCUT2D eigenvalue weighted by Gasteiger charge is -2.32. The van der Waals surface area contributed by atoms with Crippen LogP contribution in [0.5, 0.6) is 0 Å². The lowest BCUT2D eigenvalue weighted by molar-refractivity contribution is -0.149. The summed E-state index contributed by atoms with van der Waals surface area (Å²) >= 11 is 0. The first kappa shape index (κ1) is 32.1. The number of alkyl carbamates (subject to hydrolysis) is 1. The van der Waals surface area contributed by atoms with E-state index < -0.39 is 52.1 Å². The van der Waals surface area contributed by atoms with Gasteiger partial charge in [0.05, 0.1) is 17.1 Å². The van der Waals surface area contributed by atoms with E-state index in [1.165, 1.54) is 11.4 Å². The Balaban J connectivity index is 1.99. The molecular formula is C22H41BN6O8S. The molecule has 2 heterocycles. The Morgan fingerprint density at radius 3 is 2.37 bits per heavy atom. The predicted octanol–water partition coefficient (Wildman–Crippen LogP) is 2.88. The minimum atomic E-state index is -3.95. The summed E-state index contributed by atoms with van der Waals surface area (Å²) in [6.45, 7) is 13.1. The summed E-state index contributed by atoms with van der Waals surface area (Å²) in [5.41, 5.74) is 6.92. The molecule has 0 aromatic carbocycles. The van der Waals surface area contributed by atoms with Crippen LogP contribution in [0, 0.1) is 11.8 Å². The van der Waals surface area contributed by atoms with Crippen LogP contribution in [0.4, 0.5) is 4.79 Å². The number of carbonyl (C=O) groups excluding carboxylic acids is 2. The molecule has 2 aliphatic rings. The molecule has 0 aliphatic carbocycles. The number of nitrogens with zero attached hydrogens (tertiary/aromatic N) is 5. The number of ether oxygens (including phenoxy) is 1. The van der Waals surface area contributed by atoms with Gasteiger partial charge < -0.3 is 24.2 Å². The first-order chi connectivity index (χ1) is 17.4. The third-order valence-corrected chi connectivity index (χ3v) is 8.93. The second kappa shape index (κ2) is 12.4. The molecule has 0 unspecified atom stereocenters. The fourth-order valence-corrected chi connectivity index (χ4v) is 5.72. The first-order valence-electron chi connectivity index (χ1n) is 12.7. The van der Waals surface area contributed by atoms with E-state index in [1.807, 2.05) is 27.7 Å². The molecule has 1 N–H and O–H groups in total. The molecule has 2 atom stereocenters. The number of likely N-dealkylation sites (N-methyl/N-ethyl adjacent to an activating group) is 1. The fourth-order valence-electron chi connectivity index (χ4n) is 4.28. The van der Waals surface area contributed by atoms with Crippen molar-refractivity contribution in [2.45, 2.75) is 84.4 Å². The lowest BCUT2D eigenvalue weighted by Crippen LogP contribution is -2.44. The molecule has 38 heavy (non-hydrogen) atoms. The summed E-state index contributed by atoms with van der Waals surface area (Å²) in [4.78, 5) is 31.5. The van der Waals surface area contributed by atoms with E-state index in [0.717, 1.165) is 4.31 Å². The molecule has 0 radical (unpaired) electrons. The van der Waals surface area contributed by atoms with E-state index in [2.05, 4.69) is 20.3 Å². The van der Waals surface area contributed by atoms with Gasteiger partial charge in [0.25, 0.3) is 10.2 Å². The van der Waals surface area contributed by atoms with Crippen LogP contribution in [0.25, 0.3) is 10.4 Å². The van der Waals surface area contributed by atoms with Gasteiger partial charge >= 0.3 is 19.2 Å². The van der Waals surface area contributed by atoms with Gasteiger partial charge in [0, 0.05) is 38.1 Å². The number of nitrogens with one attached hydrogen (secondary N) is 1. The highest BCUT2D eigenvalue weighted by molar-refractivity contribution is 7.86. The van der Waals surface area contributed by atoms with Crippen molar-refractivity contribution in [3.05, 3.63) is 10.4 Å². The van der Waals surface area contributed by atoms with Gasteiger partial charge in [-0.1, -0.05) is 6.42 Å². The third kappa shape index (κ3) is 8.45. The van der Waals surface area contributed by atoms with Crippen molar-refractivity contribution in [2.24, 2.45) is 17.1 Å². The number of azide groups is 1. The quantitative estimate of drug-likeness (QED) is 0.132. The maximum atomic E-state index is 13.2. The van der Waals surface area contributed by atoms with E-state index in [4.69, 9.17) is 19.6 Å². The van der Waals surface area contributed by atoms with Crippen LogP contribution in [0.2, 0.25) is 6.32 Å². The Morgan fingerprint density at radius 2 is 1.82 bits per heavy atom. The SMILES string of the molecule is CN(CCNC(=O)OC(C)(C)C)S(=O)(=O)N1C[C@@H](CCCB2OC(C)(C)C(C)(C)O2)[C@@H](C(=O)ON=[N+]=[N-])C1. The van der Waals surface area contributed by atoms with Crippen molar-refractivity contribution < 1.29 is 36.9 Å². The molecule has 0 spiro atoms. The normalized spacial score (nSPS) is 23.2. The van der Waals surface area contributed by atoms with E-state index >= 15 is 0 Å². The molecule has 0 aromatic rings. The lowest BCUT2D eigenvalue weighted by atomic mass is 9.79. The van der Waals surface area contributed by atoms with Crippen LogP contribution in [0.1, 0.15) is 61.3 Å². The van der Waals surface area contributed by atoms with Crippen molar-refractivity contribution in [1.29, 1.82) is 0 Å². The van der Waals surface area contributed by atoms with Gasteiger partial charge in [-0.3, -0.25) is 4.79 Å². The van der Waals surface area contributed by atoms with Crippen molar-refractivity contribution in [1.82, 2.24) is 13.9 Å². The molecule has 0 aromatic heterocycles. The first-order valence-corrected chi connectivity index (χ1v) is 14.1. The number of carbonyl (C=O) groups is 2. The van der Waals surface area contributed by atoms with Crippen LogP contribution in [0.3, 0.4) is 0 Å². The molecular weight excluding hydrogens is 519 g/mol. The Bertz CT molecular complexity index is 996. The molecule has 2 rings (SSSR count). The minimum absolute atomic E-state index is 0.00148. The van der Waals surface area contributed by atoms with Crippen molar-refractivity contribution >= 4 is 29.4 Å². The Kier molecular flexibility index (Phi) is 10.5. The number of amides is 1. The summed E-state index contributed by atoms with van der Waals surface area (Å²) in [5.74, 6) is -1.95. The second-order valence-electron chi connectivity index (χ2n) is 11.6. The molecule has 2 fully saturated rings. The summed E-state index contributed by atoms with van der Waals surface area (Å²) in [5, 5.41) is 5.42. The molecule has 16 heteroatoms. The smallest absolute Gasteiger partial charge is 0.444 e. The van der Waals surface area contributed by atoms with Gasteiger partial charge in [-0.15, -0.1) is 0 Å². The van der Waals surface area contributed by atoms with Crippen molar-refractivity contribution in [2.75, 3.05) is 33.2 Å². The van der Waals surface area contributed by atoms with E-state index in [-0.39, 0.29) is 32.1 Å². The maximum absolute atomic E-state index is 13.2. The van der Waals surface area contributed by atoms with Gasteiger partial charge in [-0.25, -0.2) is 4.79 Å². The van der Waals surface area contributed by atoms with Gasteiger partial charge in [0.2, 0.25) is 0 Å². The van der Waals surface area contributed by atoms with Crippen LogP contribution >= 0.6 is 0 Å². The van der Waals surface area contributed by atoms with Gasteiger partial charge in [-0.2, -0.15) is 17.0 Å². The van der Waals surface area contributed by atoms with E-state index in [9.17, 15) is 18.0 Å². The zero-order valence-corrected chi connectivity index (χ0v) is 24.4. The largest absolute Gasteiger partial charge is 0.457 e. The maximum Gasteiger partial charge on any atom is 0.457 e. The molecule has 1 amide bonds. The molecule has 0 bridgehead atoms. The monoisotopic (exact) mass is 560 g/mol. The molecule has 0 saturated carbocycles. The number of rotatable bonds is 11. The average Bonchev–Trinajstić information content (AvgIpc) is 3.28. The number of hydrogen-bond donors (Lipinski definition) is 1. The summed E-state index contributed by atoms with van der Waals surface area (Å²) in [6.07, 6.45) is 1.06. The minimum Gasteiger partial charge on any atom is -0.444 e. The predicted molar refractivity (Wildman–Crippen MR) is 140 cm³/mol. The Morgan fingerprint density at radius 1 is 1.21 bits per heavy atom. The Hall–Kier alpha value is -2.10.